The molecule has 1 aromatic rings. The monoisotopic (exact) mass is 327 g/mol. The summed E-state index contributed by atoms with van der Waals surface area (Å²) in [5, 5.41) is 3.64. The van der Waals surface area contributed by atoms with E-state index in [0.717, 1.165) is 18.5 Å². The molecule has 1 aliphatic carbocycles. The molecule has 1 aliphatic rings. The molecule has 0 saturated heterocycles. The smallest absolute Gasteiger partial charge is 0.137 e. The molecule has 1 nitrogen and oxygen atoms in total. The van der Waals surface area contributed by atoms with Crippen LogP contribution in [0.25, 0.3) is 0 Å². The second-order valence-corrected chi connectivity index (χ2v) is 6.47. The molecule has 0 heterocycles. The van der Waals surface area contributed by atoms with Crippen molar-refractivity contribution in [1.82, 2.24) is 5.32 Å². The zero-order chi connectivity index (χ0) is 13.8. The van der Waals surface area contributed by atoms with Gasteiger partial charge in [-0.05, 0) is 71.6 Å². The molecule has 0 bridgehead atoms. The molecule has 106 valence electrons. The highest BCUT2D eigenvalue weighted by molar-refractivity contribution is 9.10. The van der Waals surface area contributed by atoms with Crippen molar-refractivity contribution >= 4 is 15.9 Å². The van der Waals surface area contributed by atoms with Crippen molar-refractivity contribution in [2.45, 2.75) is 45.6 Å². The third-order valence-electron chi connectivity index (χ3n) is 4.40. The van der Waals surface area contributed by atoms with Crippen LogP contribution in [0.5, 0.6) is 0 Å². The minimum Gasteiger partial charge on any atom is -0.314 e. The number of rotatable bonds is 5. The van der Waals surface area contributed by atoms with E-state index < -0.39 is 0 Å². The topological polar surface area (TPSA) is 12.0 Å². The van der Waals surface area contributed by atoms with Gasteiger partial charge in [0.1, 0.15) is 5.82 Å². The second-order valence-electron chi connectivity index (χ2n) is 5.67. The van der Waals surface area contributed by atoms with Crippen LogP contribution in [0.1, 0.15) is 38.7 Å². The Morgan fingerprint density at radius 3 is 2.89 bits per heavy atom. The minimum atomic E-state index is -0.149. The SMILES string of the molecule is CCCNC1CCC(Cc2cccc(F)c2Br)C1C. The predicted molar refractivity (Wildman–Crippen MR) is 81.8 cm³/mol. The predicted octanol–water partition coefficient (Wildman–Crippen LogP) is 4.55. The Morgan fingerprint density at radius 1 is 1.37 bits per heavy atom. The highest BCUT2D eigenvalue weighted by Crippen LogP contribution is 2.36. The van der Waals surface area contributed by atoms with E-state index in [-0.39, 0.29) is 5.82 Å². The highest BCUT2D eigenvalue weighted by Gasteiger charge is 2.32. The van der Waals surface area contributed by atoms with E-state index in [9.17, 15) is 4.39 Å². The summed E-state index contributed by atoms with van der Waals surface area (Å²) >= 11 is 3.37. The fourth-order valence-electron chi connectivity index (χ4n) is 3.14. The van der Waals surface area contributed by atoms with Gasteiger partial charge in [0.25, 0.3) is 0 Å². The Labute approximate surface area is 124 Å². The van der Waals surface area contributed by atoms with Gasteiger partial charge in [-0.1, -0.05) is 26.0 Å². The summed E-state index contributed by atoms with van der Waals surface area (Å²) in [4.78, 5) is 0. The number of nitrogens with one attached hydrogen (secondary N) is 1. The molecule has 0 spiro atoms. The fourth-order valence-corrected chi connectivity index (χ4v) is 3.57. The van der Waals surface area contributed by atoms with Crippen LogP contribution in [0.4, 0.5) is 4.39 Å². The van der Waals surface area contributed by atoms with E-state index in [1.165, 1.54) is 25.3 Å². The molecule has 1 fully saturated rings. The van der Waals surface area contributed by atoms with Crippen LogP contribution < -0.4 is 5.32 Å². The Hall–Kier alpha value is -0.410. The Bertz CT molecular complexity index is 421. The first kappa shape index (κ1) is 15.0. The molecule has 0 aliphatic heterocycles. The van der Waals surface area contributed by atoms with Gasteiger partial charge < -0.3 is 5.32 Å². The Balaban J connectivity index is 1.98. The number of hydrogen-bond donors (Lipinski definition) is 1. The van der Waals surface area contributed by atoms with Crippen molar-refractivity contribution in [1.29, 1.82) is 0 Å². The molecule has 3 heteroatoms. The summed E-state index contributed by atoms with van der Waals surface area (Å²) in [5.41, 5.74) is 1.10. The lowest BCUT2D eigenvalue weighted by Crippen LogP contribution is -2.33. The van der Waals surface area contributed by atoms with E-state index in [4.69, 9.17) is 0 Å². The number of halogens is 2. The summed E-state index contributed by atoms with van der Waals surface area (Å²) in [6, 6.07) is 5.99. The second kappa shape index (κ2) is 6.85. The van der Waals surface area contributed by atoms with E-state index in [2.05, 4.69) is 35.1 Å². The molecule has 0 radical (unpaired) electrons. The van der Waals surface area contributed by atoms with Gasteiger partial charge in [0.05, 0.1) is 4.47 Å². The Morgan fingerprint density at radius 2 is 2.16 bits per heavy atom. The van der Waals surface area contributed by atoms with Crippen molar-refractivity contribution in [2.75, 3.05) is 6.54 Å². The molecule has 3 atom stereocenters. The van der Waals surface area contributed by atoms with Gasteiger partial charge in [-0.15, -0.1) is 0 Å². The van der Waals surface area contributed by atoms with Crippen LogP contribution in [-0.2, 0) is 6.42 Å². The zero-order valence-electron chi connectivity index (χ0n) is 11.8. The maximum atomic E-state index is 13.5. The molecule has 2 rings (SSSR count). The summed E-state index contributed by atoms with van der Waals surface area (Å²) in [7, 11) is 0. The van der Waals surface area contributed by atoms with Crippen molar-refractivity contribution in [2.24, 2.45) is 11.8 Å². The normalized spacial score (nSPS) is 26.8. The average molecular weight is 328 g/mol. The van der Waals surface area contributed by atoms with E-state index in [1.54, 1.807) is 0 Å². The first-order chi connectivity index (χ1) is 9.13. The highest BCUT2D eigenvalue weighted by atomic mass is 79.9. The molecule has 1 saturated carbocycles. The lowest BCUT2D eigenvalue weighted by atomic mass is 9.89. The van der Waals surface area contributed by atoms with Gasteiger partial charge in [0, 0.05) is 6.04 Å². The van der Waals surface area contributed by atoms with E-state index in [0.29, 0.717) is 22.4 Å². The Kier molecular flexibility index (Phi) is 5.40. The van der Waals surface area contributed by atoms with Crippen molar-refractivity contribution in [3.63, 3.8) is 0 Å². The average Bonchev–Trinajstić information content (AvgIpc) is 2.74. The third kappa shape index (κ3) is 3.57. The van der Waals surface area contributed by atoms with Gasteiger partial charge in [-0.25, -0.2) is 4.39 Å². The first-order valence-corrected chi connectivity index (χ1v) is 8.09. The third-order valence-corrected chi connectivity index (χ3v) is 5.28. The van der Waals surface area contributed by atoms with Crippen LogP contribution in [0.3, 0.4) is 0 Å². The quantitative estimate of drug-likeness (QED) is 0.836. The van der Waals surface area contributed by atoms with Crippen LogP contribution in [0.15, 0.2) is 22.7 Å². The van der Waals surface area contributed by atoms with Crippen LogP contribution in [0, 0.1) is 17.7 Å². The summed E-state index contributed by atoms with van der Waals surface area (Å²) in [6.45, 7) is 5.64. The van der Waals surface area contributed by atoms with Crippen LogP contribution >= 0.6 is 15.9 Å². The maximum absolute atomic E-state index is 13.5. The summed E-state index contributed by atoms with van der Waals surface area (Å²) < 4.78 is 14.2. The minimum absolute atomic E-state index is 0.149. The number of hydrogen-bond acceptors (Lipinski definition) is 1. The molecule has 3 unspecified atom stereocenters. The lowest BCUT2D eigenvalue weighted by molar-refractivity contribution is 0.351. The largest absolute Gasteiger partial charge is 0.314 e. The molecular formula is C16H23BrFN. The maximum Gasteiger partial charge on any atom is 0.137 e. The van der Waals surface area contributed by atoms with Crippen molar-refractivity contribution in [3.8, 4) is 0 Å². The first-order valence-electron chi connectivity index (χ1n) is 7.29. The van der Waals surface area contributed by atoms with Gasteiger partial charge in [-0.3, -0.25) is 0 Å². The summed E-state index contributed by atoms with van der Waals surface area (Å²) in [5.74, 6) is 1.18. The zero-order valence-corrected chi connectivity index (χ0v) is 13.3. The van der Waals surface area contributed by atoms with E-state index >= 15 is 0 Å². The van der Waals surface area contributed by atoms with Gasteiger partial charge in [0.15, 0.2) is 0 Å². The van der Waals surface area contributed by atoms with Crippen molar-refractivity contribution in [3.05, 3.63) is 34.1 Å². The van der Waals surface area contributed by atoms with Crippen LogP contribution in [-0.4, -0.2) is 12.6 Å². The fraction of sp³-hybridized carbons (Fsp3) is 0.625. The van der Waals surface area contributed by atoms with Gasteiger partial charge in [0.2, 0.25) is 0 Å². The lowest BCUT2D eigenvalue weighted by Gasteiger charge is -2.22. The molecule has 1 aromatic carbocycles. The standard InChI is InChI=1S/C16H23BrFN/c1-3-9-19-15-8-7-12(11(15)2)10-13-5-4-6-14(18)16(13)17/h4-6,11-12,15,19H,3,7-10H2,1-2H3. The molecule has 1 N–H and O–H groups in total. The van der Waals surface area contributed by atoms with Gasteiger partial charge in [-0.2, -0.15) is 0 Å². The summed E-state index contributed by atoms with van der Waals surface area (Å²) in [6.07, 6.45) is 4.65. The van der Waals surface area contributed by atoms with Crippen molar-refractivity contribution < 1.29 is 4.39 Å². The van der Waals surface area contributed by atoms with Crippen LogP contribution in [0.2, 0.25) is 0 Å². The molecule has 0 aromatic heterocycles. The number of benzene rings is 1. The van der Waals surface area contributed by atoms with E-state index in [1.807, 2.05) is 12.1 Å². The molecular weight excluding hydrogens is 305 g/mol. The molecule has 0 amide bonds. The van der Waals surface area contributed by atoms with Gasteiger partial charge >= 0.3 is 0 Å². The molecule has 19 heavy (non-hydrogen) atoms.